The molecule has 0 aliphatic heterocycles. The fourth-order valence-corrected chi connectivity index (χ4v) is 2.98. The lowest BCUT2D eigenvalue weighted by Gasteiger charge is -2.00. The van der Waals surface area contributed by atoms with E-state index in [9.17, 15) is 0 Å². The molecular weight excluding hydrogens is 330 g/mol. The maximum absolute atomic E-state index is 5.17. The van der Waals surface area contributed by atoms with Gasteiger partial charge in [0.05, 0.1) is 17.5 Å². The van der Waals surface area contributed by atoms with Crippen molar-refractivity contribution >= 4 is 53.5 Å². The van der Waals surface area contributed by atoms with Crippen molar-refractivity contribution in [2.75, 3.05) is 7.11 Å². The van der Waals surface area contributed by atoms with Gasteiger partial charge in [0.15, 0.2) is 0 Å². The predicted octanol–water partition coefficient (Wildman–Crippen LogP) is 4.09. The van der Waals surface area contributed by atoms with Crippen molar-refractivity contribution in [3.8, 4) is 5.75 Å². The van der Waals surface area contributed by atoms with Gasteiger partial charge in [0, 0.05) is 5.39 Å². The molecule has 0 saturated heterocycles. The summed E-state index contributed by atoms with van der Waals surface area (Å²) in [5.41, 5.74) is 1.00. The molecule has 0 aliphatic rings. The predicted molar refractivity (Wildman–Crippen MR) is 66.8 cm³/mol. The van der Waals surface area contributed by atoms with Gasteiger partial charge in [-0.25, -0.2) is 0 Å². The highest BCUT2D eigenvalue weighted by Gasteiger charge is 2.12. The Morgan fingerprint density at radius 2 is 2.21 bits per heavy atom. The van der Waals surface area contributed by atoms with Gasteiger partial charge in [-0.3, -0.25) is 0 Å². The van der Waals surface area contributed by atoms with E-state index < -0.39 is 0 Å². The van der Waals surface area contributed by atoms with Crippen LogP contribution in [0.2, 0.25) is 0 Å². The number of halogens is 2. The van der Waals surface area contributed by atoms with Crippen molar-refractivity contribution in [3.05, 3.63) is 23.9 Å². The van der Waals surface area contributed by atoms with Crippen molar-refractivity contribution in [1.29, 1.82) is 0 Å². The number of hydrogen-bond acceptors (Lipinski definition) is 3. The van der Waals surface area contributed by atoms with Crippen LogP contribution in [0.1, 0.15) is 9.43 Å². The molecule has 74 valence electrons. The van der Waals surface area contributed by atoms with E-state index in [1.54, 1.807) is 7.11 Å². The summed E-state index contributed by atoms with van der Waals surface area (Å²) in [6, 6.07) is 5.98. The number of nitrogens with zero attached hydrogens (tertiary/aromatic N) is 1. The number of benzene rings is 1. The van der Waals surface area contributed by atoms with Crippen molar-refractivity contribution in [2.45, 2.75) is 3.74 Å². The fourth-order valence-electron chi connectivity index (χ4n) is 1.22. The molecule has 0 bridgehead atoms. The number of alkyl halides is 2. The first-order chi connectivity index (χ1) is 6.72. The van der Waals surface area contributed by atoms with Crippen LogP contribution in [0.3, 0.4) is 0 Å². The summed E-state index contributed by atoms with van der Waals surface area (Å²) >= 11 is 8.39. The van der Waals surface area contributed by atoms with Gasteiger partial charge in [0.1, 0.15) is 9.49 Å². The first-order valence-electron chi connectivity index (χ1n) is 3.94. The second-order valence-corrected chi connectivity index (χ2v) is 6.60. The zero-order valence-electron chi connectivity index (χ0n) is 7.33. The van der Waals surface area contributed by atoms with Crippen LogP contribution < -0.4 is 4.74 Å². The zero-order valence-corrected chi connectivity index (χ0v) is 11.3. The molecule has 0 N–H and O–H groups in total. The van der Waals surface area contributed by atoms with Gasteiger partial charge in [-0.1, -0.05) is 31.9 Å². The Labute approximate surface area is 103 Å². The second kappa shape index (κ2) is 4.16. The van der Waals surface area contributed by atoms with Crippen LogP contribution in [0, 0.1) is 0 Å². The molecule has 2 nitrogen and oxygen atoms in total. The summed E-state index contributed by atoms with van der Waals surface area (Å²) in [6.45, 7) is 0. The van der Waals surface area contributed by atoms with Crippen molar-refractivity contribution in [1.82, 2.24) is 4.37 Å². The Hall–Kier alpha value is -0.130. The molecule has 0 unspecified atom stereocenters. The van der Waals surface area contributed by atoms with Crippen LogP contribution in [-0.2, 0) is 0 Å². The van der Waals surface area contributed by atoms with Gasteiger partial charge in [-0.2, -0.15) is 4.37 Å². The molecule has 0 spiro atoms. The summed E-state index contributed by atoms with van der Waals surface area (Å²) in [7, 11) is 1.67. The minimum atomic E-state index is 0.0934. The molecule has 0 saturated carbocycles. The maximum atomic E-state index is 5.17. The molecule has 14 heavy (non-hydrogen) atoms. The summed E-state index contributed by atoms with van der Waals surface area (Å²) in [4.78, 5) is 0. The lowest BCUT2D eigenvalue weighted by molar-refractivity contribution is 0.415. The molecule has 0 aliphatic carbocycles. The number of ether oxygens (including phenoxy) is 1. The Morgan fingerprint density at radius 3 is 2.86 bits per heavy atom. The van der Waals surface area contributed by atoms with Gasteiger partial charge in [0.2, 0.25) is 0 Å². The van der Waals surface area contributed by atoms with Gasteiger partial charge in [-0.05, 0) is 29.7 Å². The minimum Gasteiger partial charge on any atom is -0.497 e. The summed E-state index contributed by atoms with van der Waals surface area (Å²) in [5.74, 6) is 0.861. The normalized spacial score (nSPS) is 11.1. The molecule has 0 radical (unpaired) electrons. The topological polar surface area (TPSA) is 22.1 Å². The fraction of sp³-hybridized carbons (Fsp3) is 0.222. The molecule has 2 rings (SSSR count). The van der Waals surface area contributed by atoms with E-state index in [0.29, 0.717) is 0 Å². The first kappa shape index (κ1) is 10.4. The Bertz CT molecular complexity index is 455. The van der Waals surface area contributed by atoms with Crippen LogP contribution >= 0.6 is 43.4 Å². The summed E-state index contributed by atoms with van der Waals surface area (Å²) in [5, 5.41) is 1.13. The smallest absolute Gasteiger partial charge is 0.119 e. The Balaban J connectivity index is 2.63. The SMILES string of the molecule is COc1ccc2snc(C(Br)Br)c2c1. The van der Waals surface area contributed by atoms with E-state index >= 15 is 0 Å². The Kier molecular flexibility index (Phi) is 3.09. The van der Waals surface area contributed by atoms with E-state index in [0.717, 1.165) is 16.8 Å². The van der Waals surface area contributed by atoms with Crippen molar-refractivity contribution in [3.63, 3.8) is 0 Å². The highest BCUT2D eigenvalue weighted by molar-refractivity contribution is 9.24. The molecular formula is C9H7Br2NOS. The van der Waals surface area contributed by atoms with Crippen LogP contribution in [-0.4, -0.2) is 11.5 Å². The first-order valence-corrected chi connectivity index (χ1v) is 6.54. The quantitative estimate of drug-likeness (QED) is 0.770. The van der Waals surface area contributed by atoms with E-state index in [-0.39, 0.29) is 3.74 Å². The standard InChI is InChI=1S/C9H7Br2NOS/c1-13-5-2-3-7-6(4-5)8(9(10)11)12-14-7/h2-4,9H,1H3. The molecule has 1 heterocycles. The number of fused-ring (bicyclic) bond motifs is 1. The minimum absolute atomic E-state index is 0.0934. The van der Waals surface area contributed by atoms with E-state index in [1.165, 1.54) is 16.2 Å². The van der Waals surface area contributed by atoms with Gasteiger partial charge < -0.3 is 4.74 Å². The third kappa shape index (κ3) is 1.81. The number of hydrogen-bond donors (Lipinski definition) is 0. The molecule has 0 atom stereocenters. The maximum Gasteiger partial charge on any atom is 0.119 e. The van der Waals surface area contributed by atoms with Crippen molar-refractivity contribution in [2.24, 2.45) is 0 Å². The average Bonchev–Trinajstić information content (AvgIpc) is 2.59. The molecule has 1 aromatic carbocycles. The van der Waals surface area contributed by atoms with E-state index in [1.807, 2.05) is 18.2 Å². The van der Waals surface area contributed by atoms with Gasteiger partial charge in [0.25, 0.3) is 0 Å². The molecule has 1 aromatic heterocycles. The van der Waals surface area contributed by atoms with E-state index in [4.69, 9.17) is 4.74 Å². The average molecular weight is 337 g/mol. The number of methoxy groups -OCH3 is 1. The largest absolute Gasteiger partial charge is 0.497 e. The number of aromatic nitrogens is 1. The van der Waals surface area contributed by atoms with Crippen LogP contribution in [0.15, 0.2) is 18.2 Å². The molecule has 0 amide bonds. The third-order valence-corrected chi connectivity index (χ3v) is 3.62. The van der Waals surface area contributed by atoms with Crippen LogP contribution in [0.5, 0.6) is 5.75 Å². The zero-order chi connectivity index (χ0) is 10.1. The van der Waals surface area contributed by atoms with Gasteiger partial charge >= 0.3 is 0 Å². The highest BCUT2D eigenvalue weighted by atomic mass is 79.9. The summed E-state index contributed by atoms with van der Waals surface area (Å²) in [6.07, 6.45) is 0. The molecule has 2 aromatic rings. The van der Waals surface area contributed by atoms with Gasteiger partial charge in [-0.15, -0.1) is 0 Å². The molecule has 5 heteroatoms. The highest BCUT2D eigenvalue weighted by Crippen LogP contribution is 2.36. The Morgan fingerprint density at radius 1 is 1.43 bits per heavy atom. The lowest BCUT2D eigenvalue weighted by Crippen LogP contribution is -1.83. The summed E-state index contributed by atoms with van der Waals surface area (Å²) < 4.78 is 10.8. The van der Waals surface area contributed by atoms with Crippen LogP contribution in [0.4, 0.5) is 0 Å². The second-order valence-electron chi connectivity index (χ2n) is 2.73. The lowest BCUT2D eigenvalue weighted by atomic mass is 10.2. The van der Waals surface area contributed by atoms with E-state index in [2.05, 4.69) is 36.2 Å². The monoisotopic (exact) mass is 335 g/mol. The van der Waals surface area contributed by atoms with Crippen molar-refractivity contribution < 1.29 is 4.74 Å². The molecule has 0 fully saturated rings. The third-order valence-electron chi connectivity index (χ3n) is 1.91. The number of rotatable bonds is 2. The van der Waals surface area contributed by atoms with Crippen LogP contribution in [0.25, 0.3) is 10.1 Å².